The van der Waals surface area contributed by atoms with Gasteiger partial charge in [0.2, 0.25) is 11.8 Å². The lowest BCUT2D eigenvalue weighted by Gasteiger charge is -2.16. The summed E-state index contributed by atoms with van der Waals surface area (Å²) in [5, 5.41) is 6.73. The zero-order valence-corrected chi connectivity index (χ0v) is 9.57. The molecule has 0 aromatic carbocycles. The number of nitrogens with one attached hydrogen (secondary N) is 2. The largest absolute Gasteiger partial charge is 0.481 e. The van der Waals surface area contributed by atoms with Crippen molar-refractivity contribution in [2.45, 2.75) is 25.3 Å². The Balaban J connectivity index is 1.96. The van der Waals surface area contributed by atoms with Crippen LogP contribution >= 0.6 is 0 Å². The second-order valence-corrected chi connectivity index (χ2v) is 3.96. The van der Waals surface area contributed by atoms with Gasteiger partial charge in [-0.15, -0.1) is 0 Å². The van der Waals surface area contributed by atoms with Gasteiger partial charge in [0.25, 0.3) is 0 Å². The summed E-state index contributed by atoms with van der Waals surface area (Å²) in [7, 11) is 1.61. The number of anilines is 1. The molecule has 5 heteroatoms. The molecule has 2 rings (SSSR count). The fourth-order valence-corrected chi connectivity index (χ4v) is 1.85. The third-order valence-corrected chi connectivity index (χ3v) is 2.72. The molecule has 1 aromatic heterocycles. The molecule has 0 aliphatic carbocycles. The van der Waals surface area contributed by atoms with Crippen LogP contribution in [0.4, 0.5) is 5.95 Å². The summed E-state index contributed by atoms with van der Waals surface area (Å²) in [6.07, 6.45) is 5.36. The minimum absolute atomic E-state index is 0.412. The minimum atomic E-state index is 0.412. The fraction of sp³-hybridized carbons (Fsp3) is 0.636. The van der Waals surface area contributed by atoms with Crippen LogP contribution in [0, 0.1) is 0 Å². The third kappa shape index (κ3) is 3.06. The third-order valence-electron chi connectivity index (χ3n) is 2.72. The number of nitrogens with zero attached hydrogens (tertiary/aromatic N) is 2. The van der Waals surface area contributed by atoms with Gasteiger partial charge < -0.3 is 15.4 Å². The second-order valence-electron chi connectivity index (χ2n) is 3.96. The second kappa shape index (κ2) is 5.65. The Labute approximate surface area is 95.6 Å². The molecular formula is C11H18N4O. The molecule has 2 N–H and O–H groups in total. The van der Waals surface area contributed by atoms with E-state index in [4.69, 9.17) is 4.74 Å². The lowest BCUT2D eigenvalue weighted by Crippen LogP contribution is -2.31. The lowest BCUT2D eigenvalue weighted by atomic mass is 10.1. The van der Waals surface area contributed by atoms with Gasteiger partial charge in [0.1, 0.15) is 0 Å². The van der Waals surface area contributed by atoms with Crippen LogP contribution in [0.1, 0.15) is 19.3 Å². The molecule has 1 aliphatic heterocycles. The van der Waals surface area contributed by atoms with Gasteiger partial charge in [-0.05, 0) is 19.4 Å². The average Bonchev–Trinajstić information content (AvgIpc) is 2.58. The SMILES string of the molecule is COc1ccnc(NC2CCCCNC2)n1. The van der Waals surface area contributed by atoms with Crippen molar-refractivity contribution in [2.75, 3.05) is 25.5 Å². The highest BCUT2D eigenvalue weighted by Crippen LogP contribution is 2.11. The first-order chi connectivity index (χ1) is 7.88. The van der Waals surface area contributed by atoms with Crippen LogP contribution in [0.5, 0.6) is 5.88 Å². The molecule has 1 atom stereocenters. The van der Waals surface area contributed by atoms with Crippen molar-refractivity contribution in [1.82, 2.24) is 15.3 Å². The molecule has 0 amide bonds. The van der Waals surface area contributed by atoms with Gasteiger partial charge in [-0.1, -0.05) is 6.42 Å². The quantitative estimate of drug-likeness (QED) is 0.800. The van der Waals surface area contributed by atoms with Gasteiger partial charge >= 0.3 is 0 Å². The first-order valence-corrected chi connectivity index (χ1v) is 5.73. The van der Waals surface area contributed by atoms with E-state index in [0.717, 1.165) is 19.5 Å². The summed E-state index contributed by atoms with van der Waals surface area (Å²) >= 11 is 0. The van der Waals surface area contributed by atoms with Crippen molar-refractivity contribution in [3.05, 3.63) is 12.3 Å². The number of methoxy groups -OCH3 is 1. The molecule has 1 aromatic rings. The van der Waals surface area contributed by atoms with E-state index in [2.05, 4.69) is 20.6 Å². The Bertz CT molecular complexity index is 324. The maximum atomic E-state index is 5.06. The molecule has 88 valence electrons. The van der Waals surface area contributed by atoms with Gasteiger partial charge in [0.15, 0.2) is 0 Å². The van der Waals surface area contributed by atoms with E-state index in [1.807, 2.05) is 0 Å². The number of hydrogen-bond acceptors (Lipinski definition) is 5. The highest BCUT2D eigenvalue weighted by Gasteiger charge is 2.12. The first-order valence-electron chi connectivity index (χ1n) is 5.73. The van der Waals surface area contributed by atoms with E-state index in [1.165, 1.54) is 12.8 Å². The van der Waals surface area contributed by atoms with Crippen molar-refractivity contribution in [1.29, 1.82) is 0 Å². The minimum Gasteiger partial charge on any atom is -0.481 e. The van der Waals surface area contributed by atoms with Crippen LogP contribution in [-0.4, -0.2) is 36.2 Å². The predicted molar refractivity (Wildman–Crippen MR) is 62.7 cm³/mol. The van der Waals surface area contributed by atoms with Crippen molar-refractivity contribution in [2.24, 2.45) is 0 Å². The molecule has 1 unspecified atom stereocenters. The zero-order chi connectivity index (χ0) is 11.2. The maximum absolute atomic E-state index is 5.06. The maximum Gasteiger partial charge on any atom is 0.226 e. The van der Waals surface area contributed by atoms with Crippen molar-refractivity contribution in [3.63, 3.8) is 0 Å². The highest BCUT2D eigenvalue weighted by molar-refractivity contribution is 5.28. The monoisotopic (exact) mass is 222 g/mol. The molecule has 0 spiro atoms. The summed E-state index contributed by atoms with van der Waals surface area (Å²) < 4.78 is 5.06. The van der Waals surface area contributed by atoms with Gasteiger partial charge in [-0.3, -0.25) is 0 Å². The van der Waals surface area contributed by atoms with Gasteiger partial charge in [0, 0.05) is 24.8 Å². The van der Waals surface area contributed by atoms with E-state index in [-0.39, 0.29) is 0 Å². The number of ether oxygens (including phenoxy) is 1. The Kier molecular flexibility index (Phi) is 3.93. The molecule has 0 saturated carbocycles. The lowest BCUT2D eigenvalue weighted by molar-refractivity contribution is 0.397. The number of aromatic nitrogens is 2. The van der Waals surface area contributed by atoms with Crippen LogP contribution in [0.2, 0.25) is 0 Å². The van der Waals surface area contributed by atoms with Gasteiger partial charge in [-0.25, -0.2) is 4.98 Å². The van der Waals surface area contributed by atoms with E-state index >= 15 is 0 Å². The Morgan fingerprint density at radius 1 is 1.50 bits per heavy atom. The molecule has 0 bridgehead atoms. The van der Waals surface area contributed by atoms with Crippen LogP contribution in [-0.2, 0) is 0 Å². The Morgan fingerprint density at radius 2 is 2.44 bits per heavy atom. The van der Waals surface area contributed by atoms with Crippen molar-refractivity contribution >= 4 is 5.95 Å². The molecule has 1 fully saturated rings. The molecule has 2 heterocycles. The molecule has 1 aliphatic rings. The molecular weight excluding hydrogens is 204 g/mol. The number of rotatable bonds is 3. The van der Waals surface area contributed by atoms with Gasteiger partial charge in [-0.2, -0.15) is 4.98 Å². The summed E-state index contributed by atoms with van der Waals surface area (Å²) in [5.41, 5.74) is 0. The average molecular weight is 222 g/mol. The zero-order valence-electron chi connectivity index (χ0n) is 9.57. The normalized spacial score (nSPS) is 21.2. The standard InChI is InChI=1S/C11H18N4O/c1-16-10-5-7-13-11(15-10)14-9-4-2-3-6-12-8-9/h5,7,9,12H,2-4,6,8H2,1H3,(H,13,14,15). The Hall–Kier alpha value is -1.36. The van der Waals surface area contributed by atoms with E-state index < -0.39 is 0 Å². The van der Waals surface area contributed by atoms with Crippen LogP contribution < -0.4 is 15.4 Å². The van der Waals surface area contributed by atoms with Crippen LogP contribution in [0.3, 0.4) is 0 Å². The summed E-state index contributed by atoms with van der Waals surface area (Å²) in [4.78, 5) is 8.43. The number of hydrogen-bond donors (Lipinski definition) is 2. The highest BCUT2D eigenvalue weighted by atomic mass is 16.5. The van der Waals surface area contributed by atoms with Gasteiger partial charge in [0.05, 0.1) is 7.11 Å². The van der Waals surface area contributed by atoms with E-state index in [9.17, 15) is 0 Å². The summed E-state index contributed by atoms with van der Waals surface area (Å²) in [6.45, 7) is 2.08. The first kappa shape index (κ1) is 11.1. The molecule has 5 nitrogen and oxygen atoms in total. The smallest absolute Gasteiger partial charge is 0.226 e. The summed E-state index contributed by atoms with van der Waals surface area (Å²) in [6, 6.07) is 2.16. The predicted octanol–water partition coefficient (Wildman–Crippen LogP) is 1.04. The Morgan fingerprint density at radius 3 is 3.31 bits per heavy atom. The summed E-state index contributed by atoms with van der Waals surface area (Å²) in [5.74, 6) is 1.24. The van der Waals surface area contributed by atoms with E-state index in [0.29, 0.717) is 17.9 Å². The van der Waals surface area contributed by atoms with Crippen LogP contribution in [0.25, 0.3) is 0 Å². The molecule has 0 radical (unpaired) electrons. The fourth-order valence-electron chi connectivity index (χ4n) is 1.85. The van der Waals surface area contributed by atoms with Crippen molar-refractivity contribution in [3.8, 4) is 5.88 Å². The topological polar surface area (TPSA) is 59.1 Å². The molecule has 1 saturated heterocycles. The van der Waals surface area contributed by atoms with E-state index in [1.54, 1.807) is 19.4 Å². The molecule has 16 heavy (non-hydrogen) atoms. The van der Waals surface area contributed by atoms with Crippen molar-refractivity contribution < 1.29 is 4.74 Å². The van der Waals surface area contributed by atoms with Crippen LogP contribution in [0.15, 0.2) is 12.3 Å².